The van der Waals surface area contributed by atoms with Gasteiger partial charge in [0.2, 0.25) is 5.76 Å². The zero-order valence-corrected chi connectivity index (χ0v) is 12.8. The molecule has 0 fully saturated rings. The van der Waals surface area contributed by atoms with Crippen molar-refractivity contribution in [1.82, 2.24) is 0 Å². The van der Waals surface area contributed by atoms with Crippen LogP contribution in [0.4, 0.5) is 0 Å². The van der Waals surface area contributed by atoms with Crippen LogP contribution in [0.25, 0.3) is 0 Å². The molecule has 0 saturated carbocycles. The summed E-state index contributed by atoms with van der Waals surface area (Å²) in [5.41, 5.74) is 1.91. The number of hydrogen-bond donors (Lipinski definition) is 1. The van der Waals surface area contributed by atoms with Gasteiger partial charge in [0.25, 0.3) is 0 Å². The second kappa shape index (κ2) is 5.37. The highest BCUT2D eigenvalue weighted by atomic mass is 32.2. The van der Waals surface area contributed by atoms with E-state index in [1.165, 1.54) is 6.07 Å². The topological polar surface area (TPSA) is 84.6 Å². The van der Waals surface area contributed by atoms with E-state index in [4.69, 9.17) is 9.52 Å². The zero-order chi connectivity index (χ0) is 15.8. The fraction of sp³-hybridized carbons (Fsp3) is 0.267. The van der Waals surface area contributed by atoms with E-state index in [2.05, 4.69) is 0 Å². The summed E-state index contributed by atoms with van der Waals surface area (Å²) in [5, 5.41) is 8.93. The lowest BCUT2D eigenvalue weighted by molar-refractivity contribution is 0.0659. The molecule has 0 spiro atoms. The van der Waals surface area contributed by atoms with E-state index in [1.54, 1.807) is 26.0 Å². The fourth-order valence-corrected chi connectivity index (χ4v) is 3.74. The lowest BCUT2D eigenvalue weighted by Crippen LogP contribution is -2.06. The highest BCUT2D eigenvalue weighted by molar-refractivity contribution is 7.90. The number of carboxylic acids is 1. The second-order valence-electron chi connectivity index (χ2n) is 5.06. The molecule has 2 rings (SSSR count). The summed E-state index contributed by atoms with van der Waals surface area (Å²) in [6, 6.07) is 6.65. The Hall–Kier alpha value is -2.08. The molecular formula is C15H16O5S. The Balaban J connectivity index is 2.40. The number of sulfone groups is 1. The van der Waals surface area contributed by atoms with Crippen LogP contribution in [0, 0.1) is 20.8 Å². The number of hydrogen-bond acceptors (Lipinski definition) is 4. The van der Waals surface area contributed by atoms with Crippen LogP contribution in [0.15, 0.2) is 33.6 Å². The van der Waals surface area contributed by atoms with Crippen LogP contribution in [0.3, 0.4) is 0 Å². The van der Waals surface area contributed by atoms with E-state index in [0.717, 1.165) is 5.56 Å². The monoisotopic (exact) mass is 308 g/mol. The molecule has 112 valence electrons. The van der Waals surface area contributed by atoms with E-state index < -0.39 is 15.8 Å². The molecule has 1 aromatic heterocycles. The quantitative estimate of drug-likeness (QED) is 0.938. The maximum Gasteiger partial charge on any atom is 0.372 e. The molecule has 5 nitrogen and oxygen atoms in total. The minimum atomic E-state index is -3.58. The number of aryl methyl sites for hydroxylation is 3. The minimum absolute atomic E-state index is 0.130. The summed E-state index contributed by atoms with van der Waals surface area (Å²) >= 11 is 0. The smallest absolute Gasteiger partial charge is 0.372 e. The molecule has 0 aliphatic heterocycles. The van der Waals surface area contributed by atoms with Gasteiger partial charge in [-0.15, -0.1) is 0 Å². The molecule has 21 heavy (non-hydrogen) atoms. The number of rotatable bonds is 4. The summed E-state index contributed by atoms with van der Waals surface area (Å²) in [6.45, 7) is 5.11. The third kappa shape index (κ3) is 3.16. The lowest BCUT2D eigenvalue weighted by Gasteiger charge is -2.07. The Kier molecular flexibility index (Phi) is 3.91. The van der Waals surface area contributed by atoms with Gasteiger partial charge in [-0.05, 0) is 44.0 Å². The van der Waals surface area contributed by atoms with Crippen molar-refractivity contribution in [3.63, 3.8) is 0 Å². The van der Waals surface area contributed by atoms with Crippen molar-refractivity contribution in [2.45, 2.75) is 31.4 Å². The van der Waals surface area contributed by atoms with Crippen LogP contribution in [0.5, 0.6) is 0 Å². The van der Waals surface area contributed by atoms with Crippen molar-refractivity contribution in [2.24, 2.45) is 0 Å². The van der Waals surface area contributed by atoms with Gasteiger partial charge in [-0.3, -0.25) is 0 Å². The first-order valence-corrected chi connectivity index (χ1v) is 7.98. The summed E-state index contributed by atoms with van der Waals surface area (Å²) in [7, 11) is -3.58. The first-order valence-electron chi connectivity index (χ1n) is 6.33. The van der Waals surface area contributed by atoms with Crippen LogP contribution < -0.4 is 0 Å². The number of benzene rings is 1. The van der Waals surface area contributed by atoms with Gasteiger partial charge in [0.05, 0.1) is 4.90 Å². The molecule has 1 N–H and O–H groups in total. The van der Waals surface area contributed by atoms with Gasteiger partial charge in [0, 0.05) is 5.56 Å². The first kappa shape index (κ1) is 15.3. The number of furan rings is 1. The third-order valence-electron chi connectivity index (χ3n) is 3.17. The van der Waals surface area contributed by atoms with Crippen molar-refractivity contribution >= 4 is 15.8 Å². The predicted molar refractivity (Wildman–Crippen MR) is 77.2 cm³/mol. The SMILES string of the molecule is Cc1ccc(C)c(S(=O)(=O)Cc2cc(C)c(C(=O)O)o2)c1. The highest BCUT2D eigenvalue weighted by Crippen LogP contribution is 2.24. The Morgan fingerprint density at radius 1 is 1.14 bits per heavy atom. The standard InChI is InChI=1S/C15H16O5S/c1-9-4-5-10(2)13(6-9)21(18,19)8-12-7-11(3)14(20-12)15(16)17/h4-7H,8H2,1-3H3,(H,16,17). The Labute approximate surface area is 123 Å². The average molecular weight is 308 g/mol. The summed E-state index contributed by atoms with van der Waals surface area (Å²) in [4.78, 5) is 11.2. The molecular weight excluding hydrogens is 292 g/mol. The normalized spacial score (nSPS) is 11.6. The van der Waals surface area contributed by atoms with Crippen LogP contribution in [-0.2, 0) is 15.6 Å². The van der Waals surface area contributed by atoms with Gasteiger partial charge in [-0.1, -0.05) is 12.1 Å². The van der Waals surface area contributed by atoms with E-state index in [0.29, 0.717) is 11.1 Å². The van der Waals surface area contributed by atoms with Gasteiger partial charge < -0.3 is 9.52 Å². The first-order chi connectivity index (χ1) is 9.70. The highest BCUT2D eigenvalue weighted by Gasteiger charge is 2.22. The van der Waals surface area contributed by atoms with Crippen molar-refractivity contribution in [3.05, 3.63) is 52.5 Å². The minimum Gasteiger partial charge on any atom is -0.475 e. The molecule has 0 aliphatic carbocycles. The summed E-state index contributed by atoms with van der Waals surface area (Å²) in [6.07, 6.45) is 0. The second-order valence-corrected chi connectivity index (χ2v) is 7.02. The largest absolute Gasteiger partial charge is 0.475 e. The van der Waals surface area contributed by atoms with Crippen LogP contribution in [0.1, 0.15) is 33.0 Å². The Morgan fingerprint density at radius 2 is 1.81 bits per heavy atom. The fourth-order valence-electron chi connectivity index (χ4n) is 2.14. The van der Waals surface area contributed by atoms with Crippen molar-refractivity contribution < 1.29 is 22.7 Å². The molecule has 0 bridgehead atoms. The van der Waals surface area contributed by atoms with E-state index in [1.807, 2.05) is 13.0 Å². The van der Waals surface area contributed by atoms with Gasteiger partial charge in [0.1, 0.15) is 11.5 Å². The molecule has 0 unspecified atom stereocenters. The maximum atomic E-state index is 12.5. The van der Waals surface area contributed by atoms with Crippen molar-refractivity contribution in [1.29, 1.82) is 0 Å². The predicted octanol–water partition coefficient (Wildman–Crippen LogP) is 2.88. The van der Waals surface area contributed by atoms with Gasteiger partial charge >= 0.3 is 5.97 Å². The van der Waals surface area contributed by atoms with E-state index in [-0.39, 0.29) is 22.2 Å². The van der Waals surface area contributed by atoms with Crippen LogP contribution in [0.2, 0.25) is 0 Å². The zero-order valence-electron chi connectivity index (χ0n) is 12.0. The lowest BCUT2D eigenvalue weighted by atomic mass is 10.2. The number of carboxylic acid groups (broad SMARTS) is 1. The molecule has 0 amide bonds. The van der Waals surface area contributed by atoms with Crippen LogP contribution in [-0.4, -0.2) is 19.5 Å². The maximum absolute atomic E-state index is 12.5. The molecule has 1 aromatic carbocycles. The molecule has 0 radical (unpaired) electrons. The van der Waals surface area contributed by atoms with Gasteiger partial charge in [-0.25, -0.2) is 13.2 Å². The van der Waals surface area contributed by atoms with Gasteiger partial charge in [0.15, 0.2) is 9.84 Å². The van der Waals surface area contributed by atoms with Crippen molar-refractivity contribution in [2.75, 3.05) is 0 Å². The number of aromatic carboxylic acids is 1. The van der Waals surface area contributed by atoms with E-state index in [9.17, 15) is 13.2 Å². The average Bonchev–Trinajstić information content (AvgIpc) is 2.72. The summed E-state index contributed by atoms with van der Waals surface area (Å²) in [5.74, 6) is -1.65. The molecule has 2 aromatic rings. The van der Waals surface area contributed by atoms with Crippen LogP contribution >= 0.6 is 0 Å². The molecule has 6 heteroatoms. The Bertz CT molecular complexity index is 799. The Morgan fingerprint density at radius 3 is 2.38 bits per heavy atom. The summed E-state index contributed by atoms with van der Waals surface area (Å²) < 4.78 is 30.0. The van der Waals surface area contributed by atoms with Crippen molar-refractivity contribution in [3.8, 4) is 0 Å². The number of carbonyl (C=O) groups is 1. The molecule has 0 saturated heterocycles. The molecule has 0 aliphatic rings. The molecule has 0 atom stereocenters. The van der Waals surface area contributed by atoms with Gasteiger partial charge in [-0.2, -0.15) is 0 Å². The van der Waals surface area contributed by atoms with E-state index >= 15 is 0 Å². The third-order valence-corrected chi connectivity index (χ3v) is 4.95. The molecule has 1 heterocycles.